The van der Waals surface area contributed by atoms with E-state index in [1.165, 1.54) is 25.7 Å². The lowest BCUT2D eigenvalue weighted by molar-refractivity contribution is 0.138. The largest absolute Gasteiger partial charge is 0.497 e. The first-order chi connectivity index (χ1) is 15.0. The van der Waals surface area contributed by atoms with Crippen LogP contribution in [0.3, 0.4) is 0 Å². The van der Waals surface area contributed by atoms with Crippen LogP contribution in [0.2, 0.25) is 0 Å². The van der Waals surface area contributed by atoms with Crippen LogP contribution in [0.1, 0.15) is 49.3 Å². The molecule has 0 radical (unpaired) electrons. The number of guanidine groups is 1. The number of ether oxygens (including phenoxy) is 2. The van der Waals surface area contributed by atoms with Gasteiger partial charge in [-0.15, -0.1) is 34.2 Å². The van der Waals surface area contributed by atoms with Crippen molar-refractivity contribution in [2.75, 3.05) is 27.4 Å². The highest BCUT2D eigenvalue weighted by molar-refractivity contribution is 14.0. The Kier molecular flexibility index (Phi) is 10.7. The van der Waals surface area contributed by atoms with Crippen molar-refractivity contribution in [3.8, 4) is 5.75 Å². The van der Waals surface area contributed by atoms with E-state index in [0.29, 0.717) is 13.1 Å². The number of rotatable bonds is 10. The molecule has 178 valence electrons. The fourth-order valence-corrected chi connectivity index (χ4v) is 4.07. The summed E-state index contributed by atoms with van der Waals surface area (Å²) >= 11 is 0. The fourth-order valence-electron chi connectivity index (χ4n) is 4.07. The van der Waals surface area contributed by atoms with Crippen LogP contribution in [0.25, 0.3) is 0 Å². The minimum atomic E-state index is 0. The number of nitrogens with zero attached hydrogens (tertiary/aromatic N) is 4. The molecule has 2 aromatic rings. The Morgan fingerprint density at radius 1 is 1.12 bits per heavy atom. The molecule has 9 heteroatoms. The number of hydrogen-bond donors (Lipinski definition) is 2. The third-order valence-electron chi connectivity index (χ3n) is 6.31. The van der Waals surface area contributed by atoms with Crippen LogP contribution in [-0.2, 0) is 24.9 Å². The number of aliphatic imine (C=N–C) groups is 1. The van der Waals surface area contributed by atoms with Crippen LogP contribution in [0.4, 0.5) is 0 Å². The summed E-state index contributed by atoms with van der Waals surface area (Å²) in [6.45, 7) is 4.79. The maximum absolute atomic E-state index is 5.38. The molecule has 1 heterocycles. The van der Waals surface area contributed by atoms with E-state index in [9.17, 15) is 0 Å². The first-order valence-electron chi connectivity index (χ1n) is 11.0. The molecule has 0 spiro atoms. The zero-order valence-corrected chi connectivity index (χ0v) is 22.0. The van der Waals surface area contributed by atoms with Gasteiger partial charge in [0.15, 0.2) is 11.8 Å². The molecule has 0 bridgehead atoms. The number of nitrogens with one attached hydrogen (secondary N) is 2. The molecule has 1 aliphatic carbocycles. The summed E-state index contributed by atoms with van der Waals surface area (Å²) in [6, 6.07) is 8.02. The maximum Gasteiger partial charge on any atom is 0.191 e. The van der Waals surface area contributed by atoms with Gasteiger partial charge in [0.1, 0.15) is 11.6 Å². The van der Waals surface area contributed by atoms with Crippen molar-refractivity contribution in [2.24, 2.45) is 17.5 Å². The van der Waals surface area contributed by atoms with Gasteiger partial charge in [0.25, 0.3) is 0 Å². The van der Waals surface area contributed by atoms with Crippen LogP contribution in [0, 0.1) is 12.3 Å². The Labute approximate surface area is 208 Å². The van der Waals surface area contributed by atoms with E-state index in [1.807, 2.05) is 42.8 Å². The van der Waals surface area contributed by atoms with Crippen molar-refractivity contribution < 1.29 is 9.47 Å². The zero-order chi connectivity index (χ0) is 22.1. The second-order valence-electron chi connectivity index (χ2n) is 8.39. The highest BCUT2D eigenvalue weighted by atomic mass is 127. The lowest BCUT2D eigenvalue weighted by Gasteiger charge is -2.30. The smallest absolute Gasteiger partial charge is 0.191 e. The molecule has 0 unspecified atom stereocenters. The van der Waals surface area contributed by atoms with E-state index in [0.717, 1.165) is 48.5 Å². The van der Waals surface area contributed by atoms with Crippen molar-refractivity contribution in [1.29, 1.82) is 0 Å². The molecule has 8 nitrogen and oxygen atoms in total. The molecule has 0 saturated heterocycles. The predicted octanol–water partition coefficient (Wildman–Crippen LogP) is 3.58. The topological polar surface area (TPSA) is 85.6 Å². The van der Waals surface area contributed by atoms with Gasteiger partial charge >= 0.3 is 0 Å². The SMILES string of the molecule is COCCC1(CNC(=NCc2ccc(OC)cc2)NCc2nnc(C)n2C)CCCC1.I. The molecule has 32 heavy (non-hydrogen) atoms. The van der Waals surface area contributed by atoms with Crippen molar-refractivity contribution in [1.82, 2.24) is 25.4 Å². The van der Waals surface area contributed by atoms with Crippen molar-refractivity contribution >= 4 is 29.9 Å². The molecular weight excluding hydrogens is 519 g/mol. The molecule has 2 N–H and O–H groups in total. The molecule has 0 amide bonds. The van der Waals surface area contributed by atoms with E-state index in [2.05, 4.69) is 20.8 Å². The third kappa shape index (κ3) is 7.33. The normalized spacial score (nSPS) is 15.3. The van der Waals surface area contributed by atoms with E-state index < -0.39 is 0 Å². The average molecular weight is 556 g/mol. The van der Waals surface area contributed by atoms with E-state index in [-0.39, 0.29) is 29.4 Å². The standard InChI is InChI=1S/C23H36N6O2.HI/c1-18-27-28-21(29(18)2)16-25-22(24-15-19-7-9-20(31-4)10-8-19)26-17-23(13-14-30-3)11-5-6-12-23;/h7-10H,5-6,11-17H2,1-4H3,(H2,24,25,26);1H. The molecule has 0 atom stereocenters. The summed E-state index contributed by atoms with van der Waals surface area (Å²) in [5, 5.41) is 15.4. The van der Waals surface area contributed by atoms with Gasteiger partial charge in [-0.25, -0.2) is 4.99 Å². The summed E-state index contributed by atoms with van der Waals surface area (Å²) in [5.41, 5.74) is 1.41. The average Bonchev–Trinajstić information content (AvgIpc) is 3.39. The fraction of sp³-hybridized carbons (Fsp3) is 0.609. The molecule has 1 aromatic heterocycles. The predicted molar refractivity (Wildman–Crippen MR) is 138 cm³/mol. The number of aryl methyl sites for hydroxylation is 1. The van der Waals surface area contributed by atoms with Gasteiger partial charge in [-0.1, -0.05) is 25.0 Å². The van der Waals surface area contributed by atoms with Crippen molar-refractivity contribution in [2.45, 2.75) is 52.1 Å². The van der Waals surface area contributed by atoms with Crippen LogP contribution in [0.15, 0.2) is 29.3 Å². The summed E-state index contributed by atoms with van der Waals surface area (Å²) in [4.78, 5) is 4.84. The second kappa shape index (κ2) is 13.0. The number of methoxy groups -OCH3 is 2. The van der Waals surface area contributed by atoms with Crippen LogP contribution >= 0.6 is 24.0 Å². The van der Waals surface area contributed by atoms with Gasteiger partial charge < -0.3 is 24.7 Å². The quantitative estimate of drug-likeness (QED) is 0.265. The number of halogens is 1. The number of aromatic nitrogens is 3. The number of benzene rings is 1. The highest BCUT2D eigenvalue weighted by Crippen LogP contribution is 2.40. The van der Waals surface area contributed by atoms with Crippen molar-refractivity contribution in [3.05, 3.63) is 41.5 Å². The van der Waals surface area contributed by atoms with Crippen LogP contribution < -0.4 is 15.4 Å². The molecule has 1 saturated carbocycles. The van der Waals surface area contributed by atoms with Crippen molar-refractivity contribution in [3.63, 3.8) is 0 Å². The van der Waals surface area contributed by atoms with Gasteiger partial charge in [0.05, 0.1) is 20.2 Å². The summed E-state index contributed by atoms with van der Waals surface area (Å²) in [6.07, 6.45) is 6.12. The Hall–Kier alpha value is -1.88. The van der Waals surface area contributed by atoms with E-state index >= 15 is 0 Å². The third-order valence-corrected chi connectivity index (χ3v) is 6.31. The lowest BCUT2D eigenvalue weighted by atomic mass is 9.83. The monoisotopic (exact) mass is 556 g/mol. The van der Waals surface area contributed by atoms with Crippen LogP contribution in [0.5, 0.6) is 5.75 Å². The Balaban J connectivity index is 0.00000363. The maximum atomic E-state index is 5.38. The molecule has 1 aliphatic rings. The molecule has 3 rings (SSSR count). The minimum absolute atomic E-state index is 0. The molecular formula is C23H37IN6O2. The molecule has 1 fully saturated rings. The second-order valence-corrected chi connectivity index (χ2v) is 8.39. The Morgan fingerprint density at radius 3 is 2.44 bits per heavy atom. The lowest BCUT2D eigenvalue weighted by Crippen LogP contribution is -2.43. The number of hydrogen-bond acceptors (Lipinski definition) is 5. The zero-order valence-electron chi connectivity index (χ0n) is 19.7. The minimum Gasteiger partial charge on any atom is -0.497 e. The van der Waals surface area contributed by atoms with Gasteiger partial charge in [-0.3, -0.25) is 0 Å². The van der Waals surface area contributed by atoms with Gasteiger partial charge in [0, 0.05) is 27.3 Å². The summed E-state index contributed by atoms with van der Waals surface area (Å²) in [5.74, 6) is 3.42. The first-order valence-corrected chi connectivity index (χ1v) is 11.0. The van der Waals surface area contributed by atoms with Gasteiger partial charge in [-0.05, 0) is 49.3 Å². The first kappa shape index (κ1) is 26.4. The molecule has 0 aliphatic heterocycles. The Morgan fingerprint density at radius 2 is 1.84 bits per heavy atom. The summed E-state index contributed by atoms with van der Waals surface area (Å²) < 4.78 is 12.6. The highest BCUT2D eigenvalue weighted by Gasteiger charge is 2.33. The van der Waals surface area contributed by atoms with E-state index in [1.54, 1.807) is 14.2 Å². The molecule has 1 aromatic carbocycles. The van der Waals surface area contributed by atoms with Crippen LogP contribution in [-0.4, -0.2) is 48.1 Å². The summed E-state index contributed by atoms with van der Waals surface area (Å²) in [7, 11) is 5.43. The van der Waals surface area contributed by atoms with E-state index in [4.69, 9.17) is 14.5 Å². The van der Waals surface area contributed by atoms with Gasteiger partial charge in [0.2, 0.25) is 0 Å². The Bertz CT molecular complexity index is 847. The van der Waals surface area contributed by atoms with Gasteiger partial charge in [-0.2, -0.15) is 0 Å².